The SMILES string of the molecule is CC(C)(O)C(C)(C)O.[B]c1cccc(N)c1F. The Balaban J connectivity index is 0.000000304. The molecule has 0 atom stereocenters. The van der Waals surface area contributed by atoms with Gasteiger partial charge < -0.3 is 15.9 Å². The van der Waals surface area contributed by atoms with Gasteiger partial charge in [0.15, 0.2) is 0 Å². The Morgan fingerprint density at radius 2 is 1.53 bits per heavy atom. The summed E-state index contributed by atoms with van der Waals surface area (Å²) in [5.41, 5.74) is 3.34. The smallest absolute Gasteiger partial charge is 0.139 e. The molecule has 0 amide bonds. The number of aliphatic hydroxyl groups is 2. The van der Waals surface area contributed by atoms with E-state index in [1.807, 2.05) is 0 Å². The molecule has 1 aromatic carbocycles. The molecule has 0 saturated carbocycles. The Kier molecular flexibility index (Phi) is 5.17. The highest BCUT2D eigenvalue weighted by Crippen LogP contribution is 2.19. The first-order valence-corrected chi connectivity index (χ1v) is 5.21. The molecule has 1 rings (SSSR count). The highest BCUT2D eigenvalue weighted by molar-refractivity contribution is 6.32. The molecule has 0 fully saturated rings. The zero-order valence-electron chi connectivity index (χ0n) is 10.7. The highest BCUT2D eigenvalue weighted by Gasteiger charge is 2.31. The topological polar surface area (TPSA) is 66.5 Å². The van der Waals surface area contributed by atoms with Crippen molar-refractivity contribution in [2.24, 2.45) is 0 Å². The third-order valence-electron chi connectivity index (χ3n) is 2.56. The number of hydrogen-bond donors (Lipinski definition) is 3. The Hall–Kier alpha value is -1.07. The maximum Gasteiger partial charge on any atom is 0.139 e. The molecule has 5 heteroatoms. The molecule has 17 heavy (non-hydrogen) atoms. The summed E-state index contributed by atoms with van der Waals surface area (Å²) in [6.07, 6.45) is 0. The van der Waals surface area contributed by atoms with Gasteiger partial charge in [-0.05, 0) is 33.8 Å². The first-order valence-electron chi connectivity index (χ1n) is 5.21. The fraction of sp³-hybridized carbons (Fsp3) is 0.500. The van der Waals surface area contributed by atoms with Crippen molar-refractivity contribution >= 4 is 19.0 Å². The summed E-state index contributed by atoms with van der Waals surface area (Å²) >= 11 is 0. The normalized spacial score (nSPS) is 11.7. The summed E-state index contributed by atoms with van der Waals surface area (Å²) in [7, 11) is 5.17. The second-order valence-electron chi connectivity index (χ2n) is 4.87. The van der Waals surface area contributed by atoms with Gasteiger partial charge in [0.1, 0.15) is 13.7 Å². The number of benzene rings is 1. The second-order valence-corrected chi connectivity index (χ2v) is 4.87. The van der Waals surface area contributed by atoms with Crippen molar-refractivity contribution in [2.45, 2.75) is 38.9 Å². The van der Waals surface area contributed by atoms with Crippen molar-refractivity contribution in [3.63, 3.8) is 0 Å². The quantitative estimate of drug-likeness (QED) is 0.500. The van der Waals surface area contributed by atoms with Gasteiger partial charge in [-0.2, -0.15) is 0 Å². The summed E-state index contributed by atoms with van der Waals surface area (Å²) in [5.74, 6) is -0.530. The van der Waals surface area contributed by atoms with Crippen LogP contribution in [0.15, 0.2) is 18.2 Å². The Bertz CT molecular complexity index is 337. The molecule has 0 bridgehead atoms. The standard InChI is InChI=1S/C6H5BFN.C6H14O2/c7-4-2-1-3-5(9)6(4)8;1-5(2,7)6(3,4)8/h1-3H,9H2;7-8H,1-4H3. The number of hydrogen-bond acceptors (Lipinski definition) is 3. The van der Waals surface area contributed by atoms with E-state index < -0.39 is 17.0 Å². The van der Waals surface area contributed by atoms with Crippen LogP contribution < -0.4 is 11.2 Å². The predicted octanol–water partition coefficient (Wildman–Crippen LogP) is 0.730. The van der Waals surface area contributed by atoms with Crippen LogP contribution in [0.1, 0.15) is 27.7 Å². The summed E-state index contributed by atoms with van der Waals surface area (Å²) in [4.78, 5) is 0. The Labute approximate surface area is 103 Å². The molecule has 0 aliphatic carbocycles. The van der Waals surface area contributed by atoms with Crippen molar-refractivity contribution in [2.75, 3.05) is 5.73 Å². The van der Waals surface area contributed by atoms with Crippen molar-refractivity contribution in [1.29, 1.82) is 0 Å². The van der Waals surface area contributed by atoms with Crippen molar-refractivity contribution in [3.8, 4) is 0 Å². The van der Waals surface area contributed by atoms with E-state index in [-0.39, 0.29) is 11.2 Å². The number of nitrogen functional groups attached to an aromatic ring is 1. The Morgan fingerprint density at radius 3 is 1.76 bits per heavy atom. The van der Waals surface area contributed by atoms with Crippen LogP contribution in [-0.4, -0.2) is 29.3 Å². The van der Waals surface area contributed by atoms with E-state index in [1.54, 1.807) is 33.8 Å². The van der Waals surface area contributed by atoms with Gasteiger partial charge in [-0.25, -0.2) is 4.39 Å². The van der Waals surface area contributed by atoms with Crippen LogP contribution in [0.25, 0.3) is 0 Å². The summed E-state index contributed by atoms with van der Waals surface area (Å²) in [6.45, 7) is 6.31. The van der Waals surface area contributed by atoms with Crippen LogP contribution >= 0.6 is 0 Å². The van der Waals surface area contributed by atoms with Gasteiger partial charge in [0.05, 0.1) is 16.9 Å². The van der Waals surface area contributed by atoms with Crippen molar-refractivity contribution < 1.29 is 14.6 Å². The van der Waals surface area contributed by atoms with E-state index in [0.29, 0.717) is 0 Å². The van der Waals surface area contributed by atoms with E-state index in [9.17, 15) is 4.39 Å². The van der Waals surface area contributed by atoms with E-state index in [4.69, 9.17) is 23.8 Å². The van der Waals surface area contributed by atoms with E-state index >= 15 is 0 Å². The fourth-order valence-electron chi connectivity index (χ4n) is 0.568. The van der Waals surface area contributed by atoms with Crippen LogP contribution in [0.4, 0.5) is 10.1 Å². The largest absolute Gasteiger partial charge is 0.396 e. The van der Waals surface area contributed by atoms with E-state index in [0.717, 1.165) is 0 Å². The molecule has 0 heterocycles. The zero-order chi connectivity index (χ0) is 13.9. The lowest BCUT2D eigenvalue weighted by atomic mass is 9.90. The molecular weight excluding hydrogens is 220 g/mol. The lowest BCUT2D eigenvalue weighted by Gasteiger charge is -2.31. The molecular formula is C12H19BFNO2. The molecule has 0 aliphatic rings. The summed E-state index contributed by atoms with van der Waals surface area (Å²) < 4.78 is 12.5. The summed E-state index contributed by atoms with van der Waals surface area (Å²) in [6, 6.07) is 4.53. The molecule has 0 saturated heterocycles. The highest BCUT2D eigenvalue weighted by atomic mass is 19.1. The molecule has 2 radical (unpaired) electrons. The van der Waals surface area contributed by atoms with Gasteiger partial charge in [-0.3, -0.25) is 0 Å². The number of rotatable bonds is 1. The van der Waals surface area contributed by atoms with Gasteiger partial charge in [0.25, 0.3) is 0 Å². The molecule has 3 nitrogen and oxygen atoms in total. The average molecular weight is 239 g/mol. The van der Waals surface area contributed by atoms with Crippen LogP contribution in [0.5, 0.6) is 0 Å². The molecule has 0 aliphatic heterocycles. The lowest BCUT2D eigenvalue weighted by Crippen LogP contribution is -2.44. The maximum atomic E-state index is 12.5. The van der Waals surface area contributed by atoms with E-state index in [2.05, 4.69) is 0 Å². The molecule has 94 valence electrons. The van der Waals surface area contributed by atoms with Crippen molar-refractivity contribution in [3.05, 3.63) is 24.0 Å². The zero-order valence-corrected chi connectivity index (χ0v) is 10.7. The number of nitrogens with two attached hydrogens (primary N) is 1. The summed E-state index contributed by atoms with van der Waals surface area (Å²) in [5, 5.41) is 18.2. The molecule has 4 N–H and O–H groups in total. The third-order valence-corrected chi connectivity index (χ3v) is 2.56. The van der Waals surface area contributed by atoms with E-state index in [1.165, 1.54) is 12.1 Å². The van der Waals surface area contributed by atoms with Gasteiger partial charge in [0, 0.05) is 0 Å². The van der Waals surface area contributed by atoms with Gasteiger partial charge in [-0.15, -0.1) is 0 Å². The molecule has 0 unspecified atom stereocenters. The minimum Gasteiger partial charge on any atom is -0.396 e. The van der Waals surface area contributed by atoms with Crippen molar-refractivity contribution in [1.82, 2.24) is 0 Å². The predicted molar refractivity (Wildman–Crippen MR) is 68.8 cm³/mol. The van der Waals surface area contributed by atoms with Crippen LogP contribution in [0, 0.1) is 5.82 Å². The maximum absolute atomic E-state index is 12.5. The first kappa shape index (κ1) is 15.9. The van der Waals surface area contributed by atoms with Crippen LogP contribution in [0.3, 0.4) is 0 Å². The minimum atomic E-state index is -1.01. The minimum absolute atomic E-state index is 0.0926. The molecule has 1 aromatic rings. The van der Waals surface area contributed by atoms with Gasteiger partial charge in [0.2, 0.25) is 0 Å². The number of halogens is 1. The first-order chi connectivity index (χ1) is 7.47. The number of anilines is 1. The molecule has 0 aromatic heterocycles. The second kappa shape index (κ2) is 5.51. The third kappa shape index (κ3) is 5.19. The monoisotopic (exact) mass is 239 g/mol. The molecule has 0 spiro atoms. The Morgan fingerprint density at radius 1 is 1.12 bits per heavy atom. The van der Waals surface area contributed by atoms with Crippen LogP contribution in [-0.2, 0) is 0 Å². The van der Waals surface area contributed by atoms with Crippen LogP contribution in [0.2, 0.25) is 0 Å². The lowest BCUT2D eigenvalue weighted by molar-refractivity contribution is -0.107. The van der Waals surface area contributed by atoms with Gasteiger partial charge >= 0.3 is 0 Å². The fourth-order valence-corrected chi connectivity index (χ4v) is 0.568. The van der Waals surface area contributed by atoms with Gasteiger partial charge in [-0.1, -0.05) is 17.6 Å². The average Bonchev–Trinajstić information content (AvgIpc) is 2.12.